The summed E-state index contributed by atoms with van der Waals surface area (Å²) >= 11 is 0. The Hall–Kier alpha value is -2.89. The molecule has 0 radical (unpaired) electrons. The molecule has 6 nitrogen and oxygen atoms in total. The number of fused-ring (bicyclic) bond motifs is 1. The van der Waals surface area contributed by atoms with Crippen molar-refractivity contribution in [1.82, 2.24) is 14.8 Å². The molecular formula is C14H10N3O3-. The summed E-state index contributed by atoms with van der Waals surface area (Å²) in [7, 11) is 0. The first kappa shape index (κ1) is 12.2. The first-order valence-electron chi connectivity index (χ1n) is 5.97. The quantitative estimate of drug-likeness (QED) is 0.727. The highest BCUT2D eigenvalue weighted by Crippen LogP contribution is 2.19. The van der Waals surface area contributed by atoms with Crippen molar-refractivity contribution >= 4 is 17.0 Å². The van der Waals surface area contributed by atoms with E-state index in [9.17, 15) is 14.7 Å². The maximum absolute atomic E-state index is 11.7. The van der Waals surface area contributed by atoms with Crippen LogP contribution in [-0.4, -0.2) is 20.7 Å². The van der Waals surface area contributed by atoms with Crippen LogP contribution in [0.5, 0.6) is 0 Å². The molecule has 20 heavy (non-hydrogen) atoms. The predicted octanol–water partition coefficient (Wildman–Crippen LogP) is 0.386. The van der Waals surface area contributed by atoms with Crippen LogP contribution in [0.4, 0.5) is 0 Å². The van der Waals surface area contributed by atoms with Crippen molar-refractivity contribution in [3.05, 3.63) is 58.0 Å². The Kier molecular flexibility index (Phi) is 2.64. The van der Waals surface area contributed by atoms with Gasteiger partial charge in [-0.1, -0.05) is 18.2 Å². The molecule has 3 aromatic rings. The second-order valence-corrected chi connectivity index (χ2v) is 4.39. The molecule has 0 saturated heterocycles. The number of H-pyrrole nitrogens is 1. The lowest BCUT2D eigenvalue weighted by molar-refractivity contribution is -0.255. The van der Waals surface area contributed by atoms with Crippen molar-refractivity contribution in [3.63, 3.8) is 0 Å². The van der Waals surface area contributed by atoms with Crippen molar-refractivity contribution in [2.24, 2.45) is 0 Å². The Labute approximate surface area is 113 Å². The summed E-state index contributed by atoms with van der Waals surface area (Å²) in [6, 6.07) is 10.6. The second-order valence-electron chi connectivity index (χ2n) is 4.39. The van der Waals surface area contributed by atoms with Crippen LogP contribution in [0, 0.1) is 6.92 Å². The Morgan fingerprint density at radius 1 is 1.30 bits per heavy atom. The van der Waals surface area contributed by atoms with Crippen molar-refractivity contribution in [1.29, 1.82) is 0 Å². The number of aromatic carboxylic acids is 1. The number of carboxylic acid groups (broad SMARTS) is 1. The van der Waals surface area contributed by atoms with Crippen molar-refractivity contribution in [2.75, 3.05) is 0 Å². The molecular weight excluding hydrogens is 258 g/mol. The average Bonchev–Trinajstić information content (AvgIpc) is 2.75. The number of pyridine rings is 1. The summed E-state index contributed by atoms with van der Waals surface area (Å²) < 4.78 is 1.57. The number of nitrogens with one attached hydrogen (secondary N) is 1. The van der Waals surface area contributed by atoms with Gasteiger partial charge in [0.05, 0.1) is 22.9 Å². The fraction of sp³-hybridized carbons (Fsp3) is 0.0714. The lowest BCUT2D eigenvalue weighted by atomic mass is 10.2. The Morgan fingerprint density at radius 2 is 2.00 bits per heavy atom. The van der Waals surface area contributed by atoms with E-state index in [4.69, 9.17) is 0 Å². The van der Waals surface area contributed by atoms with Crippen molar-refractivity contribution in [3.8, 4) is 5.69 Å². The van der Waals surface area contributed by atoms with E-state index in [0.29, 0.717) is 16.7 Å². The third kappa shape index (κ3) is 1.78. The average molecular weight is 268 g/mol. The van der Waals surface area contributed by atoms with E-state index >= 15 is 0 Å². The lowest BCUT2D eigenvalue weighted by Crippen LogP contribution is -2.29. The highest BCUT2D eigenvalue weighted by atomic mass is 16.4. The summed E-state index contributed by atoms with van der Waals surface area (Å²) in [4.78, 5) is 25.2. The third-order valence-corrected chi connectivity index (χ3v) is 3.09. The van der Waals surface area contributed by atoms with Crippen molar-refractivity contribution in [2.45, 2.75) is 6.92 Å². The summed E-state index contributed by atoms with van der Waals surface area (Å²) in [6.07, 6.45) is 0. The number of carbonyl (C=O) groups is 1. The van der Waals surface area contributed by atoms with Crippen LogP contribution >= 0.6 is 0 Å². The van der Waals surface area contributed by atoms with Gasteiger partial charge in [0.25, 0.3) is 5.56 Å². The van der Waals surface area contributed by atoms with Gasteiger partial charge in [0.2, 0.25) is 0 Å². The number of aromatic amines is 1. The second kappa shape index (κ2) is 4.34. The fourth-order valence-corrected chi connectivity index (χ4v) is 2.12. The molecule has 0 bridgehead atoms. The molecule has 0 amide bonds. The Balaban J connectivity index is 2.35. The number of aromatic nitrogens is 3. The van der Waals surface area contributed by atoms with Crippen LogP contribution in [0.2, 0.25) is 0 Å². The summed E-state index contributed by atoms with van der Waals surface area (Å²) in [5, 5.41) is 15.8. The molecule has 0 fully saturated rings. The number of carbonyl (C=O) groups excluding carboxylic acids is 1. The molecule has 0 unspecified atom stereocenters. The zero-order chi connectivity index (χ0) is 14.3. The van der Waals surface area contributed by atoms with E-state index in [1.165, 1.54) is 6.07 Å². The molecule has 0 aliphatic carbocycles. The van der Waals surface area contributed by atoms with Crippen LogP contribution in [0.3, 0.4) is 0 Å². The SMILES string of the molecule is Cc1nn(-c2ccccc2)c2[nH]c(=O)c(C(=O)[O-])cc12. The number of nitrogens with zero attached hydrogens (tertiary/aromatic N) is 2. The molecule has 2 aromatic heterocycles. The Morgan fingerprint density at radius 3 is 2.65 bits per heavy atom. The molecule has 0 aliphatic heterocycles. The molecule has 0 spiro atoms. The van der Waals surface area contributed by atoms with Crippen LogP contribution in [0.1, 0.15) is 16.1 Å². The standard InChI is InChI=1S/C14H11N3O3/c1-8-10-7-11(14(19)20)13(18)15-12(10)17(16-8)9-5-3-2-4-6-9/h2-7H,1H3,(H,15,18)(H,19,20)/p-1. The highest BCUT2D eigenvalue weighted by Gasteiger charge is 2.12. The first-order chi connectivity index (χ1) is 9.58. The van der Waals surface area contributed by atoms with Crippen LogP contribution < -0.4 is 10.7 Å². The van der Waals surface area contributed by atoms with Crippen LogP contribution in [-0.2, 0) is 0 Å². The van der Waals surface area contributed by atoms with Crippen LogP contribution in [0.15, 0.2) is 41.2 Å². The van der Waals surface area contributed by atoms with E-state index in [1.54, 1.807) is 11.6 Å². The maximum atomic E-state index is 11.7. The van der Waals surface area contributed by atoms with E-state index < -0.39 is 17.1 Å². The van der Waals surface area contributed by atoms with Gasteiger partial charge in [-0.15, -0.1) is 0 Å². The normalized spacial score (nSPS) is 10.8. The van der Waals surface area contributed by atoms with Gasteiger partial charge in [-0.25, -0.2) is 4.68 Å². The number of aryl methyl sites for hydroxylation is 1. The number of hydrogen-bond donors (Lipinski definition) is 1. The van der Waals surface area contributed by atoms with Gasteiger partial charge in [0.1, 0.15) is 5.65 Å². The number of carboxylic acids is 1. The van der Waals surface area contributed by atoms with Gasteiger partial charge in [0.15, 0.2) is 0 Å². The molecule has 100 valence electrons. The molecule has 6 heteroatoms. The minimum absolute atomic E-state index is 0.395. The topological polar surface area (TPSA) is 90.8 Å². The first-order valence-corrected chi connectivity index (χ1v) is 5.97. The minimum Gasteiger partial charge on any atom is -0.545 e. The smallest absolute Gasteiger partial charge is 0.258 e. The summed E-state index contributed by atoms with van der Waals surface area (Å²) in [6.45, 7) is 1.75. The molecule has 1 N–H and O–H groups in total. The zero-order valence-electron chi connectivity index (χ0n) is 10.6. The largest absolute Gasteiger partial charge is 0.545 e. The predicted molar refractivity (Wildman–Crippen MR) is 70.8 cm³/mol. The minimum atomic E-state index is -1.50. The van der Waals surface area contributed by atoms with E-state index in [0.717, 1.165) is 5.69 Å². The van der Waals surface area contributed by atoms with E-state index in [2.05, 4.69) is 10.1 Å². The number of para-hydroxylation sites is 1. The maximum Gasteiger partial charge on any atom is 0.258 e. The van der Waals surface area contributed by atoms with Gasteiger partial charge in [-0.05, 0) is 25.1 Å². The molecule has 0 atom stereocenters. The molecule has 1 aromatic carbocycles. The highest BCUT2D eigenvalue weighted by molar-refractivity contribution is 5.91. The monoisotopic (exact) mass is 268 g/mol. The molecule has 2 heterocycles. The Bertz CT molecular complexity index is 862. The number of benzene rings is 1. The fourth-order valence-electron chi connectivity index (χ4n) is 2.12. The lowest BCUT2D eigenvalue weighted by Gasteiger charge is -2.04. The van der Waals surface area contributed by atoms with Gasteiger partial charge in [-0.2, -0.15) is 5.10 Å². The molecule has 3 rings (SSSR count). The van der Waals surface area contributed by atoms with E-state index in [-0.39, 0.29) is 0 Å². The number of rotatable bonds is 2. The summed E-state index contributed by atoms with van der Waals surface area (Å²) in [5.41, 5.74) is 0.775. The van der Waals surface area contributed by atoms with Gasteiger partial charge < -0.3 is 14.9 Å². The molecule has 0 saturated carbocycles. The van der Waals surface area contributed by atoms with Gasteiger partial charge in [0, 0.05) is 5.39 Å². The van der Waals surface area contributed by atoms with Gasteiger partial charge >= 0.3 is 0 Å². The third-order valence-electron chi connectivity index (χ3n) is 3.09. The summed E-state index contributed by atoms with van der Waals surface area (Å²) in [5.74, 6) is -1.50. The van der Waals surface area contributed by atoms with E-state index in [1.807, 2.05) is 30.3 Å². The molecule has 0 aliphatic rings. The van der Waals surface area contributed by atoms with Gasteiger partial charge in [-0.3, -0.25) is 4.79 Å². The number of hydrogen-bond acceptors (Lipinski definition) is 4. The van der Waals surface area contributed by atoms with Crippen LogP contribution in [0.25, 0.3) is 16.7 Å². The zero-order valence-corrected chi connectivity index (χ0v) is 10.6. The van der Waals surface area contributed by atoms with Crippen molar-refractivity contribution < 1.29 is 9.90 Å².